The van der Waals surface area contributed by atoms with Crippen LogP contribution in [-0.4, -0.2) is 60.6 Å². The lowest BCUT2D eigenvalue weighted by atomic mass is 9.99. The van der Waals surface area contributed by atoms with Gasteiger partial charge >= 0.3 is 0 Å². The smallest absolute Gasteiger partial charge is 0.214 e. The number of likely N-dealkylation sites (N-methyl/N-ethyl adjacent to an activating group) is 1. The van der Waals surface area contributed by atoms with Gasteiger partial charge in [0.1, 0.15) is 11.5 Å². The van der Waals surface area contributed by atoms with Gasteiger partial charge < -0.3 is 14.7 Å². The summed E-state index contributed by atoms with van der Waals surface area (Å²) in [6, 6.07) is 25.8. The number of hydrogen-bond donors (Lipinski definition) is 1. The van der Waals surface area contributed by atoms with Gasteiger partial charge in [-0.3, -0.25) is 14.6 Å². The van der Waals surface area contributed by atoms with Crippen LogP contribution in [0.25, 0.3) is 0 Å². The topological polar surface area (TPSA) is 56.2 Å². The van der Waals surface area contributed by atoms with Crippen molar-refractivity contribution in [2.45, 2.75) is 32.0 Å². The molecule has 6 nitrogen and oxygen atoms in total. The number of hydrogen-bond acceptors (Lipinski definition) is 5. The van der Waals surface area contributed by atoms with Crippen molar-refractivity contribution in [2.24, 2.45) is 0 Å². The minimum Gasteiger partial charge on any atom is -0.457 e. The summed E-state index contributed by atoms with van der Waals surface area (Å²) in [4.78, 5) is 18.6. The highest BCUT2D eigenvalue weighted by Gasteiger charge is 2.26. The van der Waals surface area contributed by atoms with Crippen molar-refractivity contribution in [3.05, 3.63) is 90.0 Å². The molecule has 1 unspecified atom stereocenters. The van der Waals surface area contributed by atoms with Crippen LogP contribution in [0.3, 0.4) is 0 Å². The van der Waals surface area contributed by atoms with Crippen LogP contribution in [0.15, 0.2) is 78.9 Å². The Hall–Kier alpha value is -3.19. The van der Waals surface area contributed by atoms with E-state index in [2.05, 4.69) is 41.1 Å². The third-order valence-electron chi connectivity index (χ3n) is 6.61. The highest BCUT2D eigenvalue weighted by Crippen LogP contribution is 2.27. The molecule has 0 aliphatic carbocycles. The van der Waals surface area contributed by atoms with Gasteiger partial charge in [-0.1, -0.05) is 42.5 Å². The molecule has 184 valence electrons. The molecule has 0 spiro atoms. The second-order valence-corrected chi connectivity index (χ2v) is 9.79. The monoisotopic (exact) mass is 473 g/mol. The predicted octanol–water partition coefficient (Wildman–Crippen LogP) is 4.49. The Morgan fingerprint density at radius 2 is 1.60 bits per heavy atom. The van der Waals surface area contributed by atoms with Crippen molar-refractivity contribution < 1.29 is 14.6 Å². The van der Waals surface area contributed by atoms with Gasteiger partial charge in [0.25, 0.3) is 0 Å². The van der Waals surface area contributed by atoms with Crippen LogP contribution in [0.5, 0.6) is 11.5 Å². The average molecular weight is 474 g/mol. The Balaban J connectivity index is 1.37. The zero-order valence-corrected chi connectivity index (χ0v) is 20.8. The van der Waals surface area contributed by atoms with Gasteiger partial charge in [0.05, 0.1) is 5.60 Å². The van der Waals surface area contributed by atoms with E-state index >= 15 is 0 Å². The molecule has 1 atom stereocenters. The fraction of sp³-hybridized carbons (Fsp3) is 0.345. The van der Waals surface area contributed by atoms with E-state index in [4.69, 9.17) is 4.74 Å². The number of aliphatic hydroxyl groups is 1. The van der Waals surface area contributed by atoms with Crippen LogP contribution in [-0.2, 0) is 16.9 Å². The fourth-order valence-corrected chi connectivity index (χ4v) is 4.40. The molecule has 1 fully saturated rings. The van der Waals surface area contributed by atoms with Crippen molar-refractivity contribution in [1.82, 2.24) is 9.80 Å². The number of benzene rings is 3. The summed E-state index contributed by atoms with van der Waals surface area (Å²) < 4.78 is 5.95. The van der Waals surface area contributed by atoms with Crippen LogP contribution >= 0.6 is 0 Å². The van der Waals surface area contributed by atoms with Crippen molar-refractivity contribution in [1.29, 1.82) is 0 Å². The minimum absolute atomic E-state index is 0.253. The second kappa shape index (κ2) is 11.0. The second-order valence-electron chi connectivity index (χ2n) is 9.79. The zero-order chi connectivity index (χ0) is 24.8. The Bertz CT molecular complexity index is 1080. The van der Waals surface area contributed by atoms with Gasteiger partial charge in [-0.25, -0.2) is 0 Å². The van der Waals surface area contributed by atoms with Gasteiger partial charge in [-0.15, -0.1) is 0 Å². The first-order valence-electron chi connectivity index (χ1n) is 12.1. The van der Waals surface area contributed by atoms with Gasteiger partial charge in [0, 0.05) is 44.5 Å². The Kier molecular flexibility index (Phi) is 7.86. The van der Waals surface area contributed by atoms with Gasteiger partial charge in [-0.05, 0) is 68.4 Å². The van der Waals surface area contributed by atoms with E-state index in [-0.39, 0.29) is 6.04 Å². The molecule has 1 heterocycles. The van der Waals surface area contributed by atoms with Crippen LogP contribution < -0.4 is 9.64 Å². The maximum absolute atomic E-state index is 12.0. The SMILES string of the molecule is CN1CCN(Cc2ccccc2)CC1CN(C=O)c1ccc(Oc2ccc(C(C)(C)O)cc2)cc1. The quantitative estimate of drug-likeness (QED) is 0.464. The zero-order valence-electron chi connectivity index (χ0n) is 20.8. The number of nitrogens with zero attached hydrogens (tertiary/aromatic N) is 3. The van der Waals surface area contributed by atoms with E-state index < -0.39 is 5.60 Å². The van der Waals surface area contributed by atoms with Crippen LogP contribution in [0.1, 0.15) is 25.0 Å². The molecule has 0 saturated carbocycles. The average Bonchev–Trinajstić information content (AvgIpc) is 2.85. The third kappa shape index (κ3) is 6.69. The molecule has 1 aliphatic heterocycles. The van der Waals surface area contributed by atoms with Crippen LogP contribution in [0.4, 0.5) is 5.69 Å². The lowest BCUT2D eigenvalue weighted by molar-refractivity contribution is -0.107. The van der Waals surface area contributed by atoms with Crippen molar-refractivity contribution in [3.63, 3.8) is 0 Å². The summed E-state index contributed by atoms with van der Waals surface area (Å²) in [6.45, 7) is 7.98. The minimum atomic E-state index is -0.885. The Labute approximate surface area is 208 Å². The summed E-state index contributed by atoms with van der Waals surface area (Å²) in [5.41, 5.74) is 2.10. The largest absolute Gasteiger partial charge is 0.457 e. The Morgan fingerprint density at radius 1 is 0.971 bits per heavy atom. The molecule has 1 aliphatic rings. The number of rotatable bonds is 9. The number of piperazine rings is 1. The summed E-state index contributed by atoms with van der Waals surface area (Å²) >= 11 is 0. The van der Waals surface area contributed by atoms with E-state index in [0.29, 0.717) is 18.0 Å². The van der Waals surface area contributed by atoms with E-state index in [1.165, 1.54) is 5.56 Å². The lowest BCUT2D eigenvalue weighted by Gasteiger charge is -2.41. The third-order valence-corrected chi connectivity index (χ3v) is 6.61. The fourth-order valence-electron chi connectivity index (χ4n) is 4.40. The number of carbonyl (C=O) groups is 1. The number of amides is 1. The maximum atomic E-state index is 12.0. The van der Waals surface area contributed by atoms with E-state index in [1.807, 2.05) is 54.6 Å². The molecule has 0 radical (unpaired) electrons. The number of ether oxygens (including phenoxy) is 1. The van der Waals surface area contributed by atoms with E-state index in [1.54, 1.807) is 18.7 Å². The lowest BCUT2D eigenvalue weighted by Crippen LogP contribution is -2.55. The molecule has 1 N–H and O–H groups in total. The molecule has 1 saturated heterocycles. The number of carbonyl (C=O) groups excluding carboxylic acids is 1. The molecule has 3 aromatic rings. The first-order chi connectivity index (χ1) is 16.8. The van der Waals surface area contributed by atoms with Crippen molar-refractivity contribution >= 4 is 12.1 Å². The highest BCUT2D eigenvalue weighted by atomic mass is 16.5. The molecule has 1 amide bonds. The van der Waals surface area contributed by atoms with E-state index in [0.717, 1.165) is 43.8 Å². The van der Waals surface area contributed by atoms with E-state index in [9.17, 15) is 9.90 Å². The van der Waals surface area contributed by atoms with Gasteiger partial charge in [-0.2, -0.15) is 0 Å². The molecule has 4 rings (SSSR count). The molecule has 35 heavy (non-hydrogen) atoms. The summed E-state index contributed by atoms with van der Waals surface area (Å²) in [7, 11) is 2.13. The summed E-state index contributed by atoms with van der Waals surface area (Å²) in [6.07, 6.45) is 0.912. The van der Waals surface area contributed by atoms with Gasteiger partial charge in [0.15, 0.2) is 0 Å². The first kappa shape index (κ1) is 24.9. The molecule has 0 aromatic heterocycles. The highest BCUT2D eigenvalue weighted by molar-refractivity contribution is 5.75. The molecular formula is C29H35N3O3. The predicted molar refractivity (Wildman–Crippen MR) is 140 cm³/mol. The molecule has 0 bridgehead atoms. The standard InChI is InChI=1S/C29H35N3O3/c1-29(2,34)24-9-13-27(14-10-24)35-28-15-11-25(12-16-28)32(22-33)21-26-20-31(18-17-30(26)3)19-23-7-5-4-6-8-23/h4-16,22,26,34H,17-21H2,1-3H3. The summed E-state index contributed by atoms with van der Waals surface area (Å²) in [5.74, 6) is 1.39. The van der Waals surface area contributed by atoms with Gasteiger partial charge in [0.2, 0.25) is 6.41 Å². The van der Waals surface area contributed by atoms with Crippen LogP contribution in [0.2, 0.25) is 0 Å². The normalized spacial score (nSPS) is 17.2. The van der Waals surface area contributed by atoms with Crippen molar-refractivity contribution in [2.75, 3.05) is 38.1 Å². The summed E-state index contributed by atoms with van der Waals surface area (Å²) in [5, 5.41) is 10.1. The molecule has 6 heteroatoms. The first-order valence-corrected chi connectivity index (χ1v) is 12.1. The molecule has 3 aromatic carbocycles. The van der Waals surface area contributed by atoms with Crippen molar-refractivity contribution in [3.8, 4) is 11.5 Å². The molecular weight excluding hydrogens is 438 g/mol. The number of anilines is 1. The maximum Gasteiger partial charge on any atom is 0.214 e. The van der Waals surface area contributed by atoms with Crippen LogP contribution in [0, 0.1) is 0 Å². The Morgan fingerprint density at radius 3 is 2.20 bits per heavy atom.